The Morgan fingerprint density at radius 1 is 1.47 bits per heavy atom. The molecule has 1 saturated carbocycles. The maximum Gasteiger partial charge on any atom is 0.355 e. The van der Waals surface area contributed by atoms with Gasteiger partial charge in [-0.15, -0.1) is 11.3 Å². The third-order valence-corrected chi connectivity index (χ3v) is 4.21. The van der Waals surface area contributed by atoms with Gasteiger partial charge < -0.3 is 5.11 Å². The van der Waals surface area contributed by atoms with Crippen molar-refractivity contribution < 1.29 is 9.90 Å². The van der Waals surface area contributed by atoms with E-state index in [0.29, 0.717) is 24.1 Å². The van der Waals surface area contributed by atoms with Crippen LogP contribution in [-0.2, 0) is 6.42 Å². The molecule has 0 amide bonds. The summed E-state index contributed by atoms with van der Waals surface area (Å²) in [6, 6.07) is 0. The van der Waals surface area contributed by atoms with E-state index in [9.17, 15) is 9.90 Å². The van der Waals surface area contributed by atoms with E-state index in [2.05, 4.69) is 29.2 Å². The van der Waals surface area contributed by atoms with E-state index in [4.69, 9.17) is 0 Å². The summed E-state index contributed by atoms with van der Waals surface area (Å²) in [6.07, 6.45) is 3.02. The average Bonchev–Trinajstić information content (AvgIpc) is 3.08. The second-order valence-corrected chi connectivity index (χ2v) is 6.40. The quantitative estimate of drug-likeness (QED) is 0.928. The first kappa shape index (κ1) is 12.5. The Morgan fingerprint density at radius 3 is 2.79 bits per heavy atom. The Kier molecular flexibility index (Phi) is 3.01. The predicted octanol–water partition coefficient (Wildman–Crippen LogP) is 3.47. The van der Waals surface area contributed by atoms with Crippen LogP contribution in [-0.4, -0.2) is 21.0 Å². The van der Waals surface area contributed by atoms with Gasteiger partial charge >= 0.3 is 5.97 Å². The monoisotopic (exact) mass is 276 g/mol. The highest BCUT2D eigenvalue weighted by Gasteiger charge is 2.29. The molecule has 0 atom stereocenters. The summed E-state index contributed by atoms with van der Waals surface area (Å²) in [6.45, 7) is 4.16. The first-order chi connectivity index (χ1) is 9.06. The van der Waals surface area contributed by atoms with E-state index in [1.165, 1.54) is 0 Å². The van der Waals surface area contributed by atoms with Gasteiger partial charge in [0.2, 0.25) is 0 Å². The molecule has 100 valence electrons. The first-order valence-electron chi connectivity index (χ1n) is 6.57. The first-order valence-corrected chi connectivity index (χ1v) is 7.45. The molecular weight excluding hydrogens is 260 g/mol. The second kappa shape index (κ2) is 4.56. The molecule has 0 radical (unpaired) electrons. The summed E-state index contributed by atoms with van der Waals surface area (Å²) in [5.41, 5.74) is 1.32. The molecule has 0 bridgehead atoms. The second-order valence-electron chi connectivity index (χ2n) is 5.54. The SMILES string of the molecule is CC(C)Cc1nc(C(=O)O)c2c(C3CC3)csc2n1. The number of aromatic nitrogens is 2. The van der Waals surface area contributed by atoms with E-state index in [1.54, 1.807) is 11.3 Å². The van der Waals surface area contributed by atoms with E-state index < -0.39 is 5.97 Å². The van der Waals surface area contributed by atoms with Gasteiger partial charge in [-0.2, -0.15) is 0 Å². The Balaban J connectivity index is 2.17. The number of carboxylic acid groups (broad SMARTS) is 1. The molecule has 1 aliphatic carbocycles. The van der Waals surface area contributed by atoms with E-state index >= 15 is 0 Å². The van der Waals surface area contributed by atoms with Crippen LogP contribution in [0, 0.1) is 5.92 Å². The van der Waals surface area contributed by atoms with Gasteiger partial charge in [0.25, 0.3) is 0 Å². The normalized spacial score (nSPS) is 15.3. The molecule has 1 N–H and O–H groups in total. The highest BCUT2D eigenvalue weighted by Crippen LogP contribution is 2.45. The van der Waals surface area contributed by atoms with E-state index in [0.717, 1.165) is 28.6 Å². The maximum atomic E-state index is 11.5. The van der Waals surface area contributed by atoms with Gasteiger partial charge in [-0.1, -0.05) is 13.8 Å². The van der Waals surface area contributed by atoms with Gasteiger partial charge in [-0.05, 0) is 35.6 Å². The molecule has 2 heterocycles. The standard InChI is InChI=1S/C14H16N2O2S/c1-7(2)5-10-15-12(14(17)18)11-9(8-3-4-8)6-19-13(11)16-10/h6-8H,3-5H2,1-2H3,(H,17,18). The molecule has 1 fully saturated rings. The van der Waals surface area contributed by atoms with Gasteiger partial charge in [0.15, 0.2) is 5.69 Å². The van der Waals surface area contributed by atoms with Crippen LogP contribution in [0.5, 0.6) is 0 Å². The topological polar surface area (TPSA) is 63.1 Å². The summed E-state index contributed by atoms with van der Waals surface area (Å²) < 4.78 is 0. The van der Waals surface area contributed by atoms with Crippen LogP contribution in [0.3, 0.4) is 0 Å². The van der Waals surface area contributed by atoms with Crippen molar-refractivity contribution in [2.75, 3.05) is 0 Å². The lowest BCUT2D eigenvalue weighted by molar-refractivity contribution is 0.0692. The van der Waals surface area contributed by atoms with Gasteiger partial charge in [0.1, 0.15) is 10.7 Å². The minimum atomic E-state index is -0.947. The molecule has 3 rings (SSSR count). The summed E-state index contributed by atoms with van der Waals surface area (Å²) in [4.78, 5) is 21.1. The minimum absolute atomic E-state index is 0.184. The number of thiophene rings is 1. The highest BCUT2D eigenvalue weighted by molar-refractivity contribution is 7.17. The molecule has 1 aliphatic rings. The van der Waals surface area contributed by atoms with Crippen molar-refractivity contribution >= 4 is 27.5 Å². The molecule has 4 nitrogen and oxygen atoms in total. The van der Waals surface area contributed by atoms with E-state index in [-0.39, 0.29) is 5.69 Å². The zero-order valence-electron chi connectivity index (χ0n) is 11.0. The number of fused-ring (bicyclic) bond motifs is 1. The van der Waals surface area contributed by atoms with Gasteiger partial charge in [-0.3, -0.25) is 0 Å². The van der Waals surface area contributed by atoms with Gasteiger partial charge in [0, 0.05) is 11.8 Å². The molecule has 19 heavy (non-hydrogen) atoms. The van der Waals surface area contributed by atoms with Crippen molar-refractivity contribution in [1.82, 2.24) is 9.97 Å². The van der Waals surface area contributed by atoms with Crippen LogP contribution in [0.15, 0.2) is 5.38 Å². The third kappa shape index (κ3) is 2.34. The van der Waals surface area contributed by atoms with Crippen molar-refractivity contribution in [2.45, 2.75) is 39.0 Å². The van der Waals surface area contributed by atoms with Crippen molar-refractivity contribution in [3.05, 3.63) is 22.5 Å². The Morgan fingerprint density at radius 2 is 2.21 bits per heavy atom. The fourth-order valence-corrected chi connectivity index (χ4v) is 3.35. The number of rotatable bonds is 4. The number of nitrogens with zero attached hydrogens (tertiary/aromatic N) is 2. The zero-order chi connectivity index (χ0) is 13.6. The van der Waals surface area contributed by atoms with Crippen molar-refractivity contribution in [3.8, 4) is 0 Å². The number of carbonyl (C=O) groups is 1. The lowest BCUT2D eigenvalue weighted by Crippen LogP contribution is -2.08. The smallest absolute Gasteiger partial charge is 0.355 e. The van der Waals surface area contributed by atoms with Crippen LogP contribution in [0.1, 0.15) is 54.5 Å². The Labute approximate surface area is 115 Å². The lowest BCUT2D eigenvalue weighted by Gasteiger charge is -2.06. The fourth-order valence-electron chi connectivity index (χ4n) is 2.31. The van der Waals surface area contributed by atoms with Crippen molar-refractivity contribution in [3.63, 3.8) is 0 Å². The number of hydrogen-bond donors (Lipinski definition) is 1. The average molecular weight is 276 g/mol. The fraction of sp³-hybridized carbons (Fsp3) is 0.500. The van der Waals surface area contributed by atoms with Gasteiger partial charge in [-0.25, -0.2) is 14.8 Å². The largest absolute Gasteiger partial charge is 0.476 e. The number of carboxylic acids is 1. The molecular formula is C14H16N2O2S. The van der Waals surface area contributed by atoms with Crippen molar-refractivity contribution in [2.24, 2.45) is 5.92 Å². The summed E-state index contributed by atoms with van der Waals surface area (Å²) in [5.74, 6) is 0.634. The summed E-state index contributed by atoms with van der Waals surface area (Å²) >= 11 is 1.54. The van der Waals surface area contributed by atoms with Crippen LogP contribution >= 0.6 is 11.3 Å². The van der Waals surface area contributed by atoms with Crippen LogP contribution in [0.25, 0.3) is 10.2 Å². The molecule has 0 spiro atoms. The molecule has 0 aliphatic heterocycles. The maximum absolute atomic E-state index is 11.5. The molecule has 0 saturated heterocycles. The lowest BCUT2D eigenvalue weighted by atomic mass is 10.1. The number of aromatic carboxylic acids is 1. The van der Waals surface area contributed by atoms with Crippen LogP contribution in [0.4, 0.5) is 0 Å². The predicted molar refractivity (Wildman–Crippen MR) is 74.9 cm³/mol. The molecule has 2 aromatic heterocycles. The minimum Gasteiger partial charge on any atom is -0.476 e. The van der Waals surface area contributed by atoms with Crippen LogP contribution < -0.4 is 0 Å². The van der Waals surface area contributed by atoms with Gasteiger partial charge in [0.05, 0.1) is 0 Å². The number of hydrogen-bond acceptors (Lipinski definition) is 4. The molecule has 2 aromatic rings. The molecule has 5 heteroatoms. The molecule has 0 unspecified atom stereocenters. The zero-order valence-corrected chi connectivity index (χ0v) is 11.8. The van der Waals surface area contributed by atoms with Crippen molar-refractivity contribution in [1.29, 1.82) is 0 Å². The molecule has 0 aromatic carbocycles. The van der Waals surface area contributed by atoms with Crippen LogP contribution in [0.2, 0.25) is 0 Å². The summed E-state index contributed by atoms with van der Waals surface area (Å²) in [5, 5.41) is 12.2. The Bertz CT molecular complexity index is 644. The highest BCUT2D eigenvalue weighted by atomic mass is 32.1. The third-order valence-electron chi connectivity index (χ3n) is 3.32. The summed E-state index contributed by atoms with van der Waals surface area (Å²) in [7, 11) is 0. The van der Waals surface area contributed by atoms with E-state index in [1.807, 2.05) is 0 Å². The Hall–Kier alpha value is -1.49.